The summed E-state index contributed by atoms with van der Waals surface area (Å²) in [6.07, 6.45) is 19.2. The number of carbonyl (C=O) groups excluding carboxylic acids is 2. The molecule has 0 heterocycles. The monoisotopic (exact) mass is 404 g/mol. The molecule has 29 heavy (non-hydrogen) atoms. The highest BCUT2D eigenvalue weighted by molar-refractivity contribution is 5.73. The number of carbonyl (C=O) groups is 2. The maximum atomic E-state index is 12.8. The van der Waals surface area contributed by atoms with Crippen LogP contribution in [0.5, 0.6) is 0 Å². The van der Waals surface area contributed by atoms with Crippen LogP contribution >= 0.6 is 0 Å². The molecular formula is C25H40O4. The number of hydrogen-bond acceptors (Lipinski definition) is 4. The fraction of sp³-hybridized carbons (Fsp3) is 0.920. The standard InChI is InChI=1S/C25H40O4/c26-24(28-22-8-4-1-2-5-9-22)20-14-12-19-17-21(15-13-18(19)16-20)25(27)29-23-10-6-3-7-11-23/h18-23H,1-17H2. The molecule has 0 spiro atoms. The Hall–Kier alpha value is -1.06. The molecule has 4 aliphatic rings. The molecule has 164 valence electrons. The Kier molecular flexibility index (Phi) is 7.53. The molecule has 0 bridgehead atoms. The average Bonchev–Trinajstić information content (AvgIpc) is 3.02. The zero-order valence-corrected chi connectivity index (χ0v) is 18.1. The average molecular weight is 405 g/mol. The summed E-state index contributed by atoms with van der Waals surface area (Å²) < 4.78 is 11.8. The summed E-state index contributed by atoms with van der Waals surface area (Å²) >= 11 is 0. The first kappa shape index (κ1) is 21.2. The summed E-state index contributed by atoms with van der Waals surface area (Å²) in [5.41, 5.74) is 0. The second kappa shape index (κ2) is 10.3. The van der Waals surface area contributed by atoms with Crippen LogP contribution in [0.1, 0.15) is 109 Å². The Balaban J connectivity index is 1.22. The van der Waals surface area contributed by atoms with Gasteiger partial charge in [-0.15, -0.1) is 0 Å². The summed E-state index contributed by atoms with van der Waals surface area (Å²) in [6, 6.07) is 0. The number of esters is 2. The second-order valence-corrected chi connectivity index (χ2v) is 10.3. The van der Waals surface area contributed by atoms with Crippen LogP contribution in [0.4, 0.5) is 0 Å². The first-order chi connectivity index (χ1) is 14.2. The van der Waals surface area contributed by atoms with Crippen LogP contribution in [0.3, 0.4) is 0 Å². The van der Waals surface area contributed by atoms with Gasteiger partial charge in [0.1, 0.15) is 12.2 Å². The van der Waals surface area contributed by atoms with Gasteiger partial charge in [-0.1, -0.05) is 19.3 Å². The fourth-order valence-electron chi connectivity index (χ4n) is 6.38. The van der Waals surface area contributed by atoms with Gasteiger partial charge >= 0.3 is 11.9 Å². The smallest absolute Gasteiger partial charge is 0.309 e. The van der Waals surface area contributed by atoms with Crippen molar-refractivity contribution in [2.75, 3.05) is 0 Å². The van der Waals surface area contributed by atoms with Gasteiger partial charge in [0, 0.05) is 0 Å². The van der Waals surface area contributed by atoms with Crippen LogP contribution < -0.4 is 0 Å². The highest BCUT2D eigenvalue weighted by Gasteiger charge is 2.41. The highest BCUT2D eigenvalue weighted by atomic mass is 16.5. The van der Waals surface area contributed by atoms with Crippen molar-refractivity contribution in [3.63, 3.8) is 0 Å². The topological polar surface area (TPSA) is 52.6 Å². The maximum Gasteiger partial charge on any atom is 0.309 e. The number of hydrogen-bond donors (Lipinski definition) is 0. The van der Waals surface area contributed by atoms with Crippen LogP contribution in [-0.4, -0.2) is 24.1 Å². The lowest BCUT2D eigenvalue weighted by Crippen LogP contribution is -2.38. The Morgan fingerprint density at radius 3 is 1.28 bits per heavy atom. The second-order valence-electron chi connectivity index (χ2n) is 10.3. The van der Waals surface area contributed by atoms with E-state index >= 15 is 0 Å². The van der Waals surface area contributed by atoms with Crippen molar-refractivity contribution in [2.45, 2.75) is 121 Å². The van der Waals surface area contributed by atoms with Crippen molar-refractivity contribution in [2.24, 2.45) is 23.7 Å². The predicted octanol–water partition coefficient (Wildman–Crippen LogP) is 5.96. The van der Waals surface area contributed by atoms with Gasteiger partial charge in [-0.3, -0.25) is 9.59 Å². The van der Waals surface area contributed by atoms with Crippen molar-refractivity contribution >= 4 is 11.9 Å². The van der Waals surface area contributed by atoms with Crippen molar-refractivity contribution in [3.8, 4) is 0 Å². The van der Waals surface area contributed by atoms with Crippen molar-refractivity contribution in [1.29, 1.82) is 0 Å². The van der Waals surface area contributed by atoms with Crippen LogP contribution in [-0.2, 0) is 19.1 Å². The minimum absolute atomic E-state index is 0.0604. The van der Waals surface area contributed by atoms with Crippen LogP contribution in [0, 0.1) is 23.7 Å². The molecule has 4 saturated carbocycles. The van der Waals surface area contributed by atoms with Gasteiger partial charge in [0.05, 0.1) is 11.8 Å². The molecule has 4 unspecified atom stereocenters. The van der Waals surface area contributed by atoms with E-state index in [9.17, 15) is 9.59 Å². The Morgan fingerprint density at radius 1 is 0.483 bits per heavy atom. The molecule has 0 aromatic heterocycles. The fourth-order valence-corrected chi connectivity index (χ4v) is 6.38. The van der Waals surface area contributed by atoms with Crippen molar-refractivity contribution < 1.29 is 19.1 Å². The lowest BCUT2D eigenvalue weighted by molar-refractivity contribution is -0.161. The lowest BCUT2D eigenvalue weighted by atomic mass is 9.65. The van der Waals surface area contributed by atoms with Gasteiger partial charge in [0.25, 0.3) is 0 Å². The Labute approximate surface area is 176 Å². The third-order valence-corrected chi connectivity index (χ3v) is 8.20. The molecular weight excluding hydrogens is 364 g/mol. The summed E-state index contributed by atoms with van der Waals surface area (Å²) in [7, 11) is 0. The van der Waals surface area contributed by atoms with Gasteiger partial charge in [0.2, 0.25) is 0 Å². The van der Waals surface area contributed by atoms with Crippen LogP contribution in [0.25, 0.3) is 0 Å². The molecule has 0 N–H and O–H groups in total. The highest BCUT2D eigenvalue weighted by Crippen LogP contribution is 2.45. The number of ether oxygens (including phenoxy) is 2. The zero-order chi connectivity index (χ0) is 20.1. The minimum Gasteiger partial charge on any atom is -0.462 e. The van der Waals surface area contributed by atoms with Gasteiger partial charge in [0.15, 0.2) is 0 Å². The molecule has 0 radical (unpaired) electrons. The summed E-state index contributed by atoms with van der Waals surface area (Å²) in [6.45, 7) is 0. The predicted molar refractivity (Wildman–Crippen MR) is 112 cm³/mol. The molecule has 4 aliphatic carbocycles. The van der Waals surface area contributed by atoms with Gasteiger partial charge in [-0.25, -0.2) is 0 Å². The molecule has 4 rings (SSSR count). The van der Waals surface area contributed by atoms with E-state index in [1.54, 1.807) is 0 Å². The zero-order valence-electron chi connectivity index (χ0n) is 18.1. The Morgan fingerprint density at radius 2 is 0.862 bits per heavy atom. The van der Waals surface area contributed by atoms with Gasteiger partial charge in [-0.05, 0) is 102 Å². The molecule has 4 heteroatoms. The molecule has 0 saturated heterocycles. The molecule has 0 aromatic carbocycles. The first-order valence-corrected chi connectivity index (χ1v) is 12.6. The van der Waals surface area contributed by atoms with E-state index in [-0.39, 0.29) is 36.0 Å². The SMILES string of the molecule is O=C(OC1CCCCCC1)C1CCC2CC(C(=O)OC3CCCCC3)CCC2C1. The third-order valence-electron chi connectivity index (χ3n) is 8.20. The minimum atomic E-state index is 0.0604. The lowest BCUT2D eigenvalue weighted by Gasteiger charge is -2.41. The number of rotatable bonds is 4. The van der Waals surface area contributed by atoms with Crippen LogP contribution in [0.15, 0.2) is 0 Å². The molecule has 4 atom stereocenters. The van der Waals surface area contributed by atoms with E-state index in [2.05, 4.69) is 0 Å². The van der Waals surface area contributed by atoms with Gasteiger partial charge < -0.3 is 9.47 Å². The molecule has 0 amide bonds. The molecule has 0 aromatic rings. The summed E-state index contributed by atoms with van der Waals surface area (Å²) in [5, 5.41) is 0. The van der Waals surface area contributed by atoms with Crippen molar-refractivity contribution in [3.05, 3.63) is 0 Å². The maximum absolute atomic E-state index is 12.8. The van der Waals surface area contributed by atoms with E-state index in [4.69, 9.17) is 9.47 Å². The van der Waals surface area contributed by atoms with E-state index < -0.39 is 0 Å². The van der Waals surface area contributed by atoms with Crippen molar-refractivity contribution in [1.82, 2.24) is 0 Å². The molecule has 4 nitrogen and oxygen atoms in total. The van der Waals surface area contributed by atoms with E-state index in [0.29, 0.717) is 11.8 Å². The largest absolute Gasteiger partial charge is 0.462 e. The van der Waals surface area contributed by atoms with E-state index in [1.807, 2.05) is 0 Å². The van der Waals surface area contributed by atoms with E-state index in [1.165, 1.54) is 44.9 Å². The Bertz CT molecular complexity index is 545. The summed E-state index contributed by atoms with van der Waals surface area (Å²) in [4.78, 5) is 25.4. The quantitative estimate of drug-likeness (QED) is 0.428. The molecule has 4 fully saturated rings. The van der Waals surface area contributed by atoms with Crippen LogP contribution in [0.2, 0.25) is 0 Å². The normalized spacial score (nSPS) is 34.6. The molecule has 0 aliphatic heterocycles. The van der Waals surface area contributed by atoms with E-state index in [0.717, 1.165) is 64.2 Å². The number of fused-ring (bicyclic) bond motifs is 1. The summed E-state index contributed by atoms with van der Waals surface area (Å²) in [5.74, 6) is 1.49. The first-order valence-electron chi connectivity index (χ1n) is 12.6. The van der Waals surface area contributed by atoms with Gasteiger partial charge in [-0.2, -0.15) is 0 Å². The third kappa shape index (κ3) is 5.76.